The number of pyridine rings is 4. The summed E-state index contributed by atoms with van der Waals surface area (Å²) in [4.78, 5) is 29.1. The second-order valence-electron chi connectivity index (χ2n) is 11.7. The van der Waals surface area contributed by atoms with Crippen LogP contribution in [0.25, 0.3) is 56.9 Å². The molecular weight excluding hydrogens is 628 g/mol. The van der Waals surface area contributed by atoms with Gasteiger partial charge in [-0.05, 0) is 79.3 Å². The van der Waals surface area contributed by atoms with Crippen molar-refractivity contribution in [2.45, 2.75) is 38.9 Å². The molecule has 0 aliphatic rings. The van der Waals surface area contributed by atoms with Crippen LogP contribution < -0.4 is 0 Å². The van der Waals surface area contributed by atoms with Gasteiger partial charge in [0.25, 0.3) is 0 Å². The summed E-state index contributed by atoms with van der Waals surface area (Å²) in [6, 6.07) is 31.3. The molecule has 0 unspecified atom stereocenters. The van der Waals surface area contributed by atoms with Crippen LogP contribution >= 0.6 is 0 Å². The molecule has 6 rings (SSSR count). The number of unbranched alkanes of at least 4 members (excludes halogenated alkanes) is 2. The summed E-state index contributed by atoms with van der Waals surface area (Å²) < 4.78 is 11.4. The van der Waals surface area contributed by atoms with E-state index in [0.29, 0.717) is 55.0 Å². The summed E-state index contributed by atoms with van der Waals surface area (Å²) >= 11 is 0. The Hall–Kier alpha value is -5.26. The summed E-state index contributed by atoms with van der Waals surface area (Å²) in [5.41, 5.74) is 8.48. The van der Waals surface area contributed by atoms with Gasteiger partial charge in [-0.1, -0.05) is 54.6 Å². The zero-order chi connectivity index (χ0) is 34.4. The standard InChI is InChI=1S/C40H40N6O4/c47-20-4-6-22-49-27-29-16-18-32(41-25-29)34-12-8-14-36(43-34)38-24-39(46-40(45-38)31-10-2-1-3-11-31)37-15-9-13-35(44-37)33-19-17-30(26-42-33)28-50-23-7-5-21-48/h1-3,8-19,24-26,47-48H,4-7,20-23,27-28H2. The summed E-state index contributed by atoms with van der Waals surface area (Å²) in [6.45, 7) is 2.50. The van der Waals surface area contributed by atoms with Gasteiger partial charge in [-0.15, -0.1) is 0 Å². The third-order valence-corrected chi connectivity index (χ3v) is 7.89. The largest absolute Gasteiger partial charge is 0.396 e. The van der Waals surface area contributed by atoms with Crippen LogP contribution in [0.4, 0.5) is 0 Å². The van der Waals surface area contributed by atoms with Gasteiger partial charge in [-0.25, -0.2) is 19.9 Å². The van der Waals surface area contributed by atoms with Gasteiger partial charge in [0.1, 0.15) is 0 Å². The second-order valence-corrected chi connectivity index (χ2v) is 11.7. The fourth-order valence-electron chi connectivity index (χ4n) is 5.20. The molecule has 2 N–H and O–H groups in total. The molecule has 10 nitrogen and oxygen atoms in total. The zero-order valence-electron chi connectivity index (χ0n) is 27.9. The highest BCUT2D eigenvalue weighted by atomic mass is 16.5. The molecule has 0 saturated heterocycles. The first-order chi connectivity index (χ1) is 24.7. The fourth-order valence-corrected chi connectivity index (χ4v) is 5.20. The molecule has 0 spiro atoms. The number of hydrogen-bond donors (Lipinski definition) is 2. The normalized spacial score (nSPS) is 11.2. The Bertz CT molecular complexity index is 1820. The monoisotopic (exact) mass is 668 g/mol. The van der Waals surface area contributed by atoms with Crippen LogP contribution in [0.15, 0.2) is 109 Å². The lowest BCUT2D eigenvalue weighted by atomic mass is 10.1. The van der Waals surface area contributed by atoms with Crippen molar-refractivity contribution >= 4 is 0 Å². The molecule has 0 fully saturated rings. The lowest BCUT2D eigenvalue weighted by Gasteiger charge is -2.10. The molecule has 1 aromatic carbocycles. The predicted octanol–water partition coefficient (Wildman–Crippen LogP) is 6.97. The Morgan fingerprint density at radius 1 is 0.440 bits per heavy atom. The van der Waals surface area contributed by atoms with Gasteiger partial charge in [0.05, 0.1) is 58.8 Å². The van der Waals surface area contributed by atoms with Crippen molar-refractivity contribution in [3.63, 3.8) is 0 Å². The molecule has 6 aromatic rings. The molecule has 5 heterocycles. The number of aromatic nitrogens is 6. The van der Waals surface area contributed by atoms with Crippen molar-refractivity contribution in [1.82, 2.24) is 29.9 Å². The average Bonchev–Trinajstić information content (AvgIpc) is 3.18. The molecule has 0 bridgehead atoms. The van der Waals surface area contributed by atoms with Gasteiger partial charge < -0.3 is 19.7 Å². The van der Waals surface area contributed by atoms with Gasteiger partial charge in [0.2, 0.25) is 0 Å². The van der Waals surface area contributed by atoms with Gasteiger partial charge >= 0.3 is 0 Å². The molecule has 0 atom stereocenters. The number of hydrogen-bond acceptors (Lipinski definition) is 10. The third kappa shape index (κ3) is 9.46. The summed E-state index contributed by atoms with van der Waals surface area (Å²) in [7, 11) is 0. The van der Waals surface area contributed by atoms with Crippen molar-refractivity contribution in [2.75, 3.05) is 26.4 Å². The van der Waals surface area contributed by atoms with Crippen LogP contribution in [0.5, 0.6) is 0 Å². The minimum atomic E-state index is 0.179. The van der Waals surface area contributed by atoms with E-state index in [1.807, 2.05) is 109 Å². The first-order valence-electron chi connectivity index (χ1n) is 16.9. The predicted molar refractivity (Wildman–Crippen MR) is 192 cm³/mol. The van der Waals surface area contributed by atoms with E-state index >= 15 is 0 Å². The number of nitrogens with zero attached hydrogens (tertiary/aromatic N) is 6. The molecule has 0 radical (unpaired) electrons. The van der Waals surface area contributed by atoms with Crippen molar-refractivity contribution in [1.29, 1.82) is 0 Å². The van der Waals surface area contributed by atoms with E-state index in [9.17, 15) is 0 Å². The number of aliphatic hydroxyl groups excluding tert-OH is 2. The maximum absolute atomic E-state index is 8.94. The van der Waals surface area contributed by atoms with Gasteiger partial charge in [-0.3, -0.25) is 9.97 Å². The molecule has 0 amide bonds. The Balaban J connectivity index is 1.26. The Morgan fingerprint density at radius 3 is 1.36 bits per heavy atom. The maximum Gasteiger partial charge on any atom is 0.160 e. The highest BCUT2D eigenvalue weighted by Crippen LogP contribution is 2.28. The van der Waals surface area contributed by atoms with Crippen LogP contribution in [0.2, 0.25) is 0 Å². The van der Waals surface area contributed by atoms with Gasteiger partial charge in [0.15, 0.2) is 5.82 Å². The van der Waals surface area contributed by atoms with Crippen LogP contribution in [-0.4, -0.2) is 66.5 Å². The summed E-state index contributed by atoms with van der Waals surface area (Å²) in [5, 5.41) is 17.9. The molecule has 0 aliphatic heterocycles. The van der Waals surface area contributed by atoms with Crippen LogP contribution in [0.1, 0.15) is 36.8 Å². The van der Waals surface area contributed by atoms with Crippen molar-refractivity contribution in [3.05, 3.63) is 121 Å². The van der Waals surface area contributed by atoms with Crippen LogP contribution in [0, 0.1) is 0 Å². The number of aliphatic hydroxyl groups is 2. The Kier molecular flexibility index (Phi) is 12.4. The van der Waals surface area contributed by atoms with E-state index in [0.717, 1.165) is 65.1 Å². The number of ether oxygens (including phenoxy) is 2. The smallest absolute Gasteiger partial charge is 0.160 e. The molecule has 254 valence electrons. The minimum Gasteiger partial charge on any atom is -0.396 e. The van der Waals surface area contributed by atoms with E-state index in [4.69, 9.17) is 39.6 Å². The topological polar surface area (TPSA) is 136 Å². The second kappa shape index (κ2) is 17.9. The third-order valence-electron chi connectivity index (χ3n) is 7.89. The van der Waals surface area contributed by atoms with Crippen molar-refractivity contribution in [2.24, 2.45) is 0 Å². The Morgan fingerprint density at radius 2 is 0.920 bits per heavy atom. The number of rotatable bonds is 17. The van der Waals surface area contributed by atoms with E-state index in [1.165, 1.54) is 0 Å². The van der Waals surface area contributed by atoms with Crippen molar-refractivity contribution in [3.8, 4) is 56.9 Å². The quantitative estimate of drug-likeness (QED) is 0.0981. The van der Waals surface area contributed by atoms with E-state index in [-0.39, 0.29) is 13.2 Å². The SMILES string of the molecule is OCCCCOCc1ccc(-c2cccc(-c3cc(-c4cccc(-c5ccc(COCCCCO)cn5)n4)nc(-c4ccccc4)n3)n2)nc1. The zero-order valence-corrected chi connectivity index (χ0v) is 27.9. The average molecular weight is 669 g/mol. The molecule has 10 heteroatoms. The van der Waals surface area contributed by atoms with E-state index in [2.05, 4.69) is 9.97 Å². The van der Waals surface area contributed by atoms with Crippen LogP contribution in [0.3, 0.4) is 0 Å². The minimum absolute atomic E-state index is 0.179. The fraction of sp³-hybridized carbons (Fsp3) is 0.250. The summed E-state index contributed by atoms with van der Waals surface area (Å²) in [5.74, 6) is 0.570. The molecular formula is C40H40N6O4. The Labute approximate surface area is 291 Å². The molecule has 50 heavy (non-hydrogen) atoms. The molecule has 0 aliphatic carbocycles. The first kappa shape index (κ1) is 34.6. The van der Waals surface area contributed by atoms with Crippen LogP contribution in [-0.2, 0) is 22.7 Å². The van der Waals surface area contributed by atoms with Crippen molar-refractivity contribution < 1.29 is 19.7 Å². The lowest BCUT2D eigenvalue weighted by molar-refractivity contribution is 0.112. The van der Waals surface area contributed by atoms with Gasteiger partial charge in [0, 0.05) is 44.4 Å². The lowest BCUT2D eigenvalue weighted by Crippen LogP contribution is -2.00. The van der Waals surface area contributed by atoms with Gasteiger partial charge in [-0.2, -0.15) is 0 Å². The van der Waals surface area contributed by atoms with E-state index < -0.39 is 0 Å². The highest BCUT2D eigenvalue weighted by Gasteiger charge is 2.14. The number of benzene rings is 1. The molecule has 0 saturated carbocycles. The summed E-state index contributed by atoms with van der Waals surface area (Å²) in [6.07, 6.45) is 6.74. The molecule has 5 aromatic heterocycles. The highest BCUT2D eigenvalue weighted by molar-refractivity contribution is 5.71. The van der Waals surface area contributed by atoms with E-state index in [1.54, 1.807) is 0 Å². The maximum atomic E-state index is 8.94. The first-order valence-corrected chi connectivity index (χ1v) is 16.9.